The van der Waals surface area contributed by atoms with Crippen LogP contribution in [-0.4, -0.2) is 21.5 Å². The largest absolute Gasteiger partial charge is 0.501 e. The molecule has 0 spiro atoms. The van der Waals surface area contributed by atoms with E-state index in [1.807, 2.05) is 20.0 Å². The Bertz CT molecular complexity index is 382. The summed E-state index contributed by atoms with van der Waals surface area (Å²) in [6.45, 7) is 2.67. The second-order valence-corrected chi connectivity index (χ2v) is 3.90. The normalized spacial score (nSPS) is 18.2. The Hall–Kier alpha value is -1.29. The summed E-state index contributed by atoms with van der Waals surface area (Å²) in [6, 6.07) is 1.90. The lowest BCUT2D eigenvalue weighted by Crippen LogP contribution is -2.11. The first-order chi connectivity index (χ1) is 7.18. The van der Waals surface area contributed by atoms with Gasteiger partial charge >= 0.3 is 0 Å². The Morgan fingerprint density at radius 1 is 1.60 bits per heavy atom. The predicted molar refractivity (Wildman–Crippen MR) is 56.2 cm³/mol. The molecule has 15 heavy (non-hydrogen) atoms. The molecule has 1 atom stereocenters. The van der Waals surface area contributed by atoms with E-state index in [9.17, 15) is 5.11 Å². The van der Waals surface area contributed by atoms with Crippen LogP contribution in [0.5, 0.6) is 0 Å². The molecule has 4 heteroatoms. The van der Waals surface area contributed by atoms with Gasteiger partial charge in [-0.15, -0.1) is 0 Å². The minimum Gasteiger partial charge on any atom is -0.501 e. The molecule has 0 aromatic carbocycles. The molecule has 1 N–H and O–H groups in total. The summed E-state index contributed by atoms with van der Waals surface area (Å²) < 4.78 is 6.94. The van der Waals surface area contributed by atoms with Gasteiger partial charge in [0.05, 0.1) is 24.3 Å². The van der Waals surface area contributed by atoms with Crippen molar-refractivity contribution in [1.82, 2.24) is 9.78 Å². The summed E-state index contributed by atoms with van der Waals surface area (Å²) in [4.78, 5) is 0. The molecule has 1 aromatic rings. The van der Waals surface area contributed by atoms with Gasteiger partial charge in [-0.1, -0.05) is 0 Å². The van der Waals surface area contributed by atoms with E-state index >= 15 is 0 Å². The molecule has 0 saturated heterocycles. The number of rotatable bonds is 2. The van der Waals surface area contributed by atoms with Crippen LogP contribution in [0.3, 0.4) is 0 Å². The molecule has 0 bridgehead atoms. The van der Waals surface area contributed by atoms with Crippen molar-refractivity contribution in [3.63, 3.8) is 0 Å². The maximum Gasteiger partial charge on any atom is 0.120 e. The first-order valence-corrected chi connectivity index (χ1v) is 5.17. The number of aliphatic hydroxyl groups is 1. The van der Waals surface area contributed by atoms with Crippen molar-refractivity contribution in [3.05, 3.63) is 29.3 Å². The minimum absolute atomic E-state index is 0.587. The van der Waals surface area contributed by atoms with Gasteiger partial charge in [0.15, 0.2) is 0 Å². The summed E-state index contributed by atoms with van der Waals surface area (Å²) in [7, 11) is 1.84. The van der Waals surface area contributed by atoms with Gasteiger partial charge in [-0.05, 0) is 31.4 Å². The smallest absolute Gasteiger partial charge is 0.120 e. The van der Waals surface area contributed by atoms with E-state index in [2.05, 4.69) is 5.10 Å². The third kappa shape index (κ3) is 2.04. The zero-order valence-corrected chi connectivity index (χ0v) is 9.10. The fourth-order valence-corrected chi connectivity index (χ4v) is 1.86. The molecule has 1 aromatic heterocycles. The van der Waals surface area contributed by atoms with Crippen molar-refractivity contribution in [3.8, 4) is 0 Å². The van der Waals surface area contributed by atoms with Crippen molar-refractivity contribution in [2.45, 2.75) is 25.9 Å². The number of hydrogen-bond acceptors (Lipinski definition) is 3. The molecule has 82 valence electrons. The van der Waals surface area contributed by atoms with E-state index in [1.54, 1.807) is 10.9 Å². The van der Waals surface area contributed by atoms with Crippen molar-refractivity contribution in [1.29, 1.82) is 0 Å². The summed E-state index contributed by atoms with van der Waals surface area (Å²) in [5.41, 5.74) is 2.68. The van der Waals surface area contributed by atoms with Crippen LogP contribution in [0.1, 0.15) is 30.3 Å². The number of ether oxygens (including phenoxy) is 1. The van der Waals surface area contributed by atoms with Gasteiger partial charge < -0.3 is 9.84 Å². The molecule has 0 saturated carbocycles. The fourth-order valence-electron chi connectivity index (χ4n) is 1.86. The lowest BCUT2D eigenvalue weighted by Gasteiger charge is -2.18. The molecule has 0 aliphatic carbocycles. The lowest BCUT2D eigenvalue weighted by atomic mass is 10.0. The number of aliphatic hydroxyl groups excluding tert-OH is 1. The zero-order valence-electron chi connectivity index (χ0n) is 9.10. The SMILES string of the molecule is Cc1cc(C(O)C2=COCCC2)n(C)n1. The lowest BCUT2D eigenvalue weighted by molar-refractivity contribution is 0.164. The molecule has 0 amide bonds. The van der Waals surface area contributed by atoms with Crippen LogP contribution in [0.4, 0.5) is 0 Å². The molecular weight excluding hydrogens is 192 g/mol. The van der Waals surface area contributed by atoms with Crippen molar-refractivity contribution < 1.29 is 9.84 Å². The Balaban J connectivity index is 2.23. The van der Waals surface area contributed by atoms with Crippen LogP contribution >= 0.6 is 0 Å². The van der Waals surface area contributed by atoms with Crippen LogP contribution < -0.4 is 0 Å². The third-order valence-electron chi connectivity index (χ3n) is 2.63. The average Bonchev–Trinajstić information content (AvgIpc) is 2.58. The Kier molecular flexibility index (Phi) is 2.77. The molecule has 0 fully saturated rings. The molecule has 1 aliphatic rings. The highest BCUT2D eigenvalue weighted by Gasteiger charge is 2.19. The fraction of sp³-hybridized carbons (Fsp3) is 0.545. The summed E-state index contributed by atoms with van der Waals surface area (Å²) >= 11 is 0. The van der Waals surface area contributed by atoms with Crippen molar-refractivity contribution >= 4 is 0 Å². The number of hydrogen-bond donors (Lipinski definition) is 1. The average molecular weight is 208 g/mol. The number of aromatic nitrogens is 2. The van der Waals surface area contributed by atoms with Crippen LogP contribution in [-0.2, 0) is 11.8 Å². The number of nitrogens with zero attached hydrogens (tertiary/aromatic N) is 2. The van der Waals surface area contributed by atoms with Gasteiger partial charge in [0.25, 0.3) is 0 Å². The van der Waals surface area contributed by atoms with E-state index in [0.29, 0.717) is 0 Å². The summed E-state index contributed by atoms with van der Waals surface area (Å²) in [5.74, 6) is 0. The van der Waals surface area contributed by atoms with E-state index in [4.69, 9.17) is 4.74 Å². The maximum atomic E-state index is 10.1. The quantitative estimate of drug-likeness (QED) is 0.800. The molecule has 2 heterocycles. The van der Waals surface area contributed by atoms with Crippen molar-refractivity contribution in [2.75, 3.05) is 6.61 Å². The van der Waals surface area contributed by atoms with Crippen LogP contribution in [0.2, 0.25) is 0 Å². The molecule has 1 unspecified atom stereocenters. The summed E-state index contributed by atoms with van der Waals surface area (Å²) in [6.07, 6.45) is 2.96. The minimum atomic E-state index is -0.587. The van der Waals surface area contributed by atoms with Crippen LogP contribution in [0.15, 0.2) is 17.9 Å². The standard InChI is InChI=1S/C11H16N2O2/c1-8-6-10(13(2)12-8)11(14)9-4-3-5-15-7-9/h6-7,11,14H,3-5H2,1-2H3. The van der Waals surface area contributed by atoms with E-state index in [1.165, 1.54) is 0 Å². The van der Waals surface area contributed by atoms with E-state index in [-0.39, 0.29) is 0 Å². The maximum absolute atomic E-state index is 10.1. The topological polar surface area (TPSA) is 47.3 Å². The van der Waals surface area contributed by atoms with Gasteiger partial charge in [0.1, 0.15) is 6.10 Å². The molecule has 1 aliphatic heterocycles. The highest BCUT2D eigenvalue weighted by atomic mass is 16.5. The first kappa shape index (κ1) is 10.2. The van der Waals surface area contributed by atoms with Gasteiger partial charge in [0.2, 0.25) is 0 Å². The Labute approximate surface area is 89.2 Å². The van der Waals surface area contributed by atoms with Gasteiger partial charge in [-0.3, -0.25) is 4.68 Å². The Morgan fingerprint density at radius 2 is 2.40 bits per heavy atom. The van der Waals surface area contributed by atoms with Crippen LogP contribution in [0.25, 0.3) is 0 Å². The highest BCUT2D eigenvalue weighted by Crippen LogP contribution is 2.27. The molecular formula is C11H16N2O2. The van der Waals surface area contributed by atoms with Gasteiger partial charge in [-0.25, -0.2) is 0 Å². The monoisotopic (exact) mass is 208 g/mol. The summed E-state index contributed by atoms with van der Waals surface area (Å²) in [5, 5.41) is 14.3. The first-order valence-electron chi connectivity index (χ1n) is 5.17. The molecule has 2 rings (SSSR count). The van der Waals surface area contributed by atoms with Crippen molar-refractivity contribution in [2.24, 2.45) is 7.05 Å². The van der Waals surface area contributed by atoms with E-state index in [0.717, 1.165) is 36.4 Å². The van der Waals surface area contributed by atoms with Gasteiger partial charge in [-0.2, -0.15) is 5.10 Å². The van der Waals surface area contributed by atoms with Crippen LogP contribution in [0, 0.1) is 6.92 Å². The predicted octanol–water partition coefficient (Wildman–Crippen LogP) is 1.46. The van der Waals surface area contributed by atoms with Gasteiger partial charge in [0, 0.05) is 7.05 Å². The third-order valence-corrected chi connectivity index (χ3v) is 2.63. The number of aryl methyl sites for hydroxylation is 2. The van der Waals surface area contributed by atoms with E-state index < -0.39 is 6.10 Å². The Morgan fingerprint density at radius 3 is 2.93 bits per heavy atom. The second kappa shape index (κ2) is 4.06. The second-order valence-electron chi connectivity index (χ2n) is 3.90. The highest BCUT2D eigenvalue weighted by molar-refractivity contribution is 5.21. The molecule has 4 nitrogen and oxygen atoms in total. The molecule has 0 radical (unpaired) electrons. The zero-order chi connectivity index (χ0) is 10.8.